The van der Waals surface area contributed by atoms with Crippen LogP contribution in [-0.2, 0) is 6.42 Å². The Labute approximate surface area is 92.2 Å². The van der Waals surface area contributed by atoms with Crippen molar-refractivity contribution in [1.29, 1.82) is 5.26 Å². The number of nitriles is 1. The van der Waals surface area contributed by atoms with Crippen LogP contribution in [0, 0.1) is 11.3 Å². The number of allylic oxidation sites excluding steroid dienone is 1. The quantitative estimate of drug-likeness (QED) is 0.716. The first-order chi connectivity index (χ1) is 7.76. The first kappa shape index (κ1) is 10.2. The van der Waals surface area contributed by atoms with Crippen LogP contribution in [0.2, 0.25) is 0 Å². The van der Waals surface area contributed by atoms with Crippen LogP contribution in [0.5, 0.6) is 0 Å². The highest BCUT2D eigenvalue weighted by Crippen LogP contribution is 2.17. The van der Waals surface area contributed by atoms with Gasteiger partial charge in [0.25, 0.3) is 0 Å². The largest absolute Gasteiger partial charge is 0.445 e. The summed E-state index contributed by atoms with van der Waals surface area (Å²) >= 11 is 0. The molecule has 0 amide bonds. The average Bonchev–Trinajstić information content (AvgIpc) is 2.30. The van der Waals surface area contributed by atoms with Crippen molar-refractivity contribution >= 4 is 11.0 Å². The van der Waals surface area contributed by atoms with Crippen molar-refractivity contribution in [2.75, 3.05) is 0 Å². The molecule has 16 heavy (non-hydrogen) atoms. The summed E-state index contributed by atoms with van der Waals surface area (Å²) in [5.41, 5.74) is 1.15. The van der Waals surface area contributed by atoms with E-state index < -0.39 is 0 Å². The number of nitrogens with zero attached hydrogens (tertiary/aromatic N) is 1. The van der Waals surface area contributed by atoms with Crippen molar-refractivity contribution in [3.05, 3.63) is 58.5 Å². The van der Waals surface area contributed by atoms with Crippen LogP contribution in [0.25, 0.3) is 11.0 Å². The van der Waals surface area contributed by atoms with Gasteiger partial charge in [-0.3, -0.25) is 4.79 Å². The van der Waals surface area contributed by atoms with Gasteiger partial charge in [-0.2, -0.15) is 5.26 Å². The van der Waals surface area contributed by atoms with E-state index in [9.17, 15) is 4.79 Å². The van der Waals surface area contributed by atoms with Gasteiger partial charge >= 0.3 is 0 Å². The average molecular weight is 211 g/mol. The molecule has 0 unspecified atom stereocenters. The van der Waals surface area contributed by atoms with Gasteiger partial charge < -0.3 is 4.42 Å². The summed E-state index contributed by atoms with van der Waals surface area (Å²) in [5, 5.41) is 9.24. The second kappa shape index (κ2) is 4.03. The van der Waals surface area contributed by atoms with E-state index in [0.717, 1.165) is 5.56 Å². The second-order valence-electron chi connectivity index (χ2n) is 3.37. The Morgan fingerprint density at radius 3 is 3.00 bits per heavy atom. The molecule has 0 saturated heterocycles. The molecule has 0 aliphatic heterocycles. The molecule has 1 aromatic carbocycles. The Morgan fingerprint density at radius 1 is 1.50 bits per heavy atom. The fraction of sp³-hybridized carbons (Fsp3) is 0.0769. The number of hydrogen-bond donors (Lipinski definition) is 0. The van der Waals surface area contributed by atoms with Crippen LogP contribution in [-0.4, -0.2) is 0 Å². The molecule has 0 atom stereocenters. The molecule has 0 saturated carbocycles. The van der Waals surface area contributed by atoms with Gasteiger partial charge in [0.15, 0.2) is 5.43 Å². The lowest BCUT2D eigenvalue weighted by atomic mass is 10.1. The minimum atomic E-state index is -0.191. The Kier molecular flexibility index (Phi) is 2.57. The minimum Gasteiger partial charge on any atom is -0.445 e. The summed E-state index contributed by atoms with van der Waals surface area (Å²) < 4.78 is 5.37. The Hall–Kier alpha value is -2.34. The van der Waals surface area contributed by atoms with E-state index in [4.69, 9.17) is 9.68 Å². The van der Waals surface area contributed by atoms with Crippen molar-refractivity contribution in [3.63, 3.8) is 0 Å². The molecule has 0 radical (unpaired) electrons. The first-order valence-electron chi connectivity index (χ1n) is 4.83. The van der Waals surface area contributed by atoms with E-state index in [1.807, 2.05) is 12.1 Å². The first-order valence-corrected chi connectivity index (χ1v) is 4.83. The molecule has 3 heteroatoms. The van der Waals surface area contributed by atoms with Crippen LogP contribution in [0.3, 0.4) is 0 Å². The normalized spacial score (nSPS) is 9.94. The minimum absolute atomic E-state index is 0.0361. The van der Waals surface area contributed by atoms with Crippen molar-refractivity contribution in [1.82, 2.24) is 0 Å². The fourth-order valence-corrected chi connectivity index (χ4v) is 1.61. The van der Waals surface area contributed by atoms with Crippen molar-refractivity contribution in [2.45, 2.75) is 6.42 Å². The molecular formula is C13H9NO2. The zero-order valence-corrected chi connectivity index (χ0v) is 8.56. The maximum Gasteiger partial charge on any atom is 0.207 e. The number of rotatable bonds is 2. The molecule has 78 valence electrons. The molecule has 2 aromatic rings. The zero-order chi connectivity index (χ0) is 11.5. The van der Waals surface area contributed by atoms with Crippen LogP contribution in [0.15, 0.2) is 46.1 Å². The van der Waals surface area contributed by atoms with Crippen molar-refractivity contribution < 1.29 is 4.42 Å². The Morgan fingerprint density at radius 2 is 2.31 bits per heavy atom. The summed E-state index contributed by atoms with van der Waals surface area (Å²) in [6.07, 6.45) is 2.34. The highest BCUT2D eigenvalue weighted by molar-refractivity contribution is 5.80. The van der Waals surface area contributed by atoms with E-state index in [1.54, 1.807) is 18.2 Å². The molecule has 0 bridgehead atoms. The van der Waals surface area contributed by atoms with Gasteiger partial charge in [-0.15, -0.1) is 6.58 Å². The van der Waals surface area contributed by atoms with Crippen LogP contribution in [0.1, 0.15) is 11.3 Å². The third-order valence-corrected chi connectivity index (χ3v) is 2.31. The van der Waals surface area contributed by atoms with E-state index in [0.29, 0.717) is 17.4 Å². The van der Waals surface area contributed by atoms with Crippen LogP contribution >= 0.6 is 0 Å². The van der Waals surface area contributed by atoms with Gasteiger partial charge in [0.05, 0.1) is 5.39 Å². The van der Waals surface area contributed by atoms with E-state index >= 15 is 0 Å². The van der Waals surface area contributed by atoms with Crippen LogP contribution in [0.4, 0.5) is 0 Å². The zero-order valence-electron chi connectivity index (χ0n) is 8.56. The summed E-state index contributed by atoms with van der Waals surface area (Å²) in [4.78, 5) is 11.7. The van der Waals surface area contributed by atoms with Gasteiger partial charge in [-0.1, -0.05) is 18.2 Å². The smallest absolute Gasteiger partial charge is 0.207 e. The molecule has 3 nitrogen and oxygen atoms in total. The Balaban J connectivity index is 2.86. The van der Waals surface area contributed by atoms with E-state index in [1.165, 1.54) is 6.07 Å². The number of fused-ring (bicyclic) bond motifs is 1. The topological polar surface area (TPSA) is 54.0 Å². The third kappa shape index (κ3) is 1.61. The highest BCUT2D eigenvalue weighted by atomic mass is 16.3. The summed E-state index contributed by atoms with van der Waals surface area (Å²) in [6.45, 7) is 3.64. The van der Waals surface area contributed by atoms with Gasteiger partial charge in [0.1, 0.15) is 11.7 Å². The lowest BCUT2D eigenvalue weighted by Crippen LogP contribution is -2.02. The van der Waals surface area contributed by atoms with E-state index in [-0.39, 0.29) is 11.2 Å². The monoisotopic (exact) mass is 211 g/mol. The molecule has 0 N–H and O–H groups in total. The highest BCUT2D eigenvalue weighted by Gasteiger charge is 2.07. The predicted molar refractivity (Wildman–Crippen MR) is 61.1 cm³/mol. The van der Waals surface area contributed by atoms with Gasteiger partial charge in [0, 0.05) is 6.07 Å². The number of hydrogen-bond acceptors (Lipinski definition) is 3. The molecule has 0 fully saturated rings. The molecular weight excluding hydrogens is 202 g/mol. The van der Waals surface area contributed by atoms with E-state index in [2.05, 4.69) is 6.58 Å². The summed E-state index contributed by atoms with van der Waals surface area (Å²) in [5.74, 6) is 0.0361. The lowest BCUT2D eigenvalue weighted by molar-refractivity contribution is 0.582. The van der Waals surface area contributed by atoms with Crippen molar-refractivity contribution in [2.24, 2.45) is 0 Å². The molecule has 0 spiro atoms. The standard InChI is InChI=1S/C13H9NO2/c1-2-4-9-5-3-6-11-12(15)7-10(8-14)16-13(9)11/h2-3,5-7H,1,4H2. The van der Waals surface area contributed by atoms with Crippen LogP contribution < -0.4 is 5.43 Å². The van der Waals surface area contributed by atoms with Gasteiger partial charge in [-0.25, -0.2) is 0 Å². The summed E-state index contributed by atoms with van der Waals surface area (Å²) in [7, 11) is 0. The number of benzene rings is 1. The third-order valence-electron chi connectivity index (χ3n) is 2.31. The maximum atomic E-state index is 11.7. The lowest BCUT2D eigenvalue weighted by Gasteiger charge is -2.02. The predicted octanol–water partition coefficient (Wildman–Crippen LogP) is 2.39. The second-order valence-corrected chi connectivity index (χ2v) is 3.37. The molecule has 1 heterocycles. The fourth-order valence-electron chi connectivity index (χ4n) is 1.61. The SMILES string of the molecule is C=CCc1cccc2c(=O)cc(C#N)oc12. The molecule has 0 aliphatic rings. The van der Waals surface area contributed by atoms with Gasteiger partial charge in [0.2, 0.25) is 5.76 Å². The van der Waals surface area contributed by atoms with Gasteiger partial charge in [-0.05, 0) is 18.1 Å². The molecule has 0 aliphatic carbocycles. The van der Waals surface area contributed by atoms with Crippen molar-refractivity contribution in [3.8, 4) is 6.07 Å². The maximum absolute atomic E-state index is 11.7. The number of para-hydroxylation sites is 1. The molecule has 1 aromatic heterocycles. The molecule has 2 rings (SSSR count). The Bertz CT molecular complexity index is 647. The summed E-state index contributed by atoms with van der Waals surface area (Å²) in [6, 6.07) is 8.39.